The molecule has 0 unspecified atom stereocenters. The Morgan fingerprint density at radius 3 is 3.00 bits per heavy atom. The van der Waals surface area contributed by atoms with E-state index in [0.29, 0.717) is 0 Å². The van der Waals surface area contributed by atoms with E-state index in [1.807, 2.05) is 0 Å². The second-order valence-electron chi connectivity index (χ2n) is 2.85. The number of oxazole rings is 1. The van der Waals surface area contributed by atoms with E-state index in [-0.39, 0.29) is 22.1 Å². The van der Waals surface area contributed by atoms with Crippen LogP contribution in [-0.2, 0) is 6.54 Å². The molecule has 0 fully saturated rings. The highest BCUT2D eigenvalue weighted by molar-refractivity contribution is 9.10. The highest BCUT2D eigenvalue weighted by Crippen LogP contribution is 2.22. The van der Waals surface area contributed by atoms with Crippen molar-refractivity contribution in [1.82, 2.24) is 4.57 Å². The highest BCUT2D eigenvalue weighted by atomic mass is 79.9. The van der Waals surface area contributed by atoms with Gasteiger partial charge in [-0.05, 0) is 15.9 Å². The third kappa shape index (κ3) is 1.55. The van der Waals surface area contributed by atoms with E-state index in [1.54, 1.807) is 6.07 Å². The number of aromatic nitrogens is 1. The van der Waals surface area contributed by atoms with E-state index in [1.165, 1.54) is 6.07 Å². The lowest BCUT2D eigenvalue weighted by atomic mass is 10.3. The molecule has 2 aromatic rings. The number of rotatable bonds is 1. The molecule has 2 rings (SSSR count). The molecule has 1 aromatic carbocycles. The molecule has 0 saturated carbocycles. The average molecular weight is 271 g/mol. The topological polar surface area (TPSA) is 58.9 Å². The van der Waals surface area contributed by atoms with E-state index < -0.39 is 11.6 Å². The summed E-state index contributed by atoms with van der Waals surface area (Å²) in [5.74, 6) is -1.17. The van der Waals surface area contributed by atoms with Crippen molar-refractivity contribution in [3.05, 3.63) is 33.0 Å². The Labute approximate surface area is 91.7 Å². The van der Waals surface area contributed by atoms with Crippen LogP contribution in [0, 0.1) is 17.1 Å². The number of hydrogen-bond donors (Lipinski definition) is 0. The summed E-state index contributed by atoms with van der Waals surface area (Å²) < 4.78 is 19.3. The van der Waals surface area contributed by atoms with E-state index in [9.17, 15) is 9.18 Å². The molecule has 0 amide bonds. The van der Waals surface area contributed by atoms with Crippen molar-refractivity contribution in [2.45, 2.75) is 6.54 Å². The molecule has 0 atom stereocenters. The monoisotopic (exact) mass is 270 g/mol. The van der Waals surface area contributed by atoms with Gasteiger partial charge in [0.2, 0.25) is 0 Å². The van der Waals surface area contributed by atoms with E-state index in [2.05, 4.69) is 15.9 Å². The zero-order valence-corrected chi connectivity index (χ0v) is 8.91. The second-order valence-corrected chi connectivity index (χ2v) is 3.70. The molecule has 0 saturated heterocycles. The van der Waals surface area contributed by atoms with Gasteiger partial charge in [-0.1, -0.05) is 0 Å². The van der Waals surface area contributed by atoms with Gasteiger partial charge in [0, 0.05) is 12.1 Å². The summed E-state index contributed by atoms with van der Waals surface area (Å²) in [6, 6.07) is 4.32. The third-order valence-corrected chi connectivity index (χ3v) is 2.55. The number of fused-ring (bicyclic) bond motifs is 1. The Bertz CT molecular complexity index is 623. The molecule has 0 bridgehead atoms. The summed E-state index contributed by atoms with van der Waals surface area (Å²) in [6.45, 7) is -0.160. The van der Waals surface area contributed by atoms with Crippen molar-refractivity contribution in [2.75, 3.05) is 0 Å². The maximum absolute atomic E-state index is 13.2. The lowest BCUT2D eigenvalue weighted by molar-refractivity contribution is 0.520. The van der Waals surface area contributed by atoms with Crippen LogP contribution in [-0.4, -0.2) is 4.57 Å². The minimum atomic E-state index is -0.663. The maximum Gasteiger partial charge on any atom is 0.420 e. The molecule has 0 spiro atoms. The fourth-order valence-corrected chi connectivity index (χ4v) is 1.60. The molecule has 0 N–H and O–H groups in total. The lowest BCUT2D eigenvalue weighted by Crippen LogP contribution is -2.12. The third-order valence-electron chi connectivity index (χ3n) is 1.94. The number of hydrogen-bond acceptors (Lipinski definition) is 3. The second kappa shape index (κ2) is 3.51. The summed E-state index contributed by atoms with van der Waals surface area (Å²) in [5.41, 5.74) is 0.533. The molecule has 1 heterocycles. The first kappa shape index (κ1) is 9.93. The molecule has 0 aliphatic rings. The van der Waals surface area contributed by atoms with E-state index >= 15 is 0 Å². The van der Waals surface area contributed by atoms with Crippen molar-refractivity contribution in [1.29, 1.82) is 5.26 Å². The van der Waals surface area contributed by atoms with Crippen LogP contribution in [0.15, 0.2) is 25.8 Å². The lowest BCUT2D eigenvalue weighted by Gasteiger charge is -1.96. The number of nitriles is 1. The molecular weight excluding hydrogens is 267 g/mol. The zero-order chi connectivity index (χ0) is 11.0. The van der Waals surface area contributed by atoms with E-state index in [0.717, 1.165) is 10.6 Å². The molecule has 1 aromatic heterocycles. The summed E-state index contributed by atoms with van der Waals surface area (Å²) in [4.78, 5) is 11.3. The maximum atomic E-state index is 13.2. The molecule has 76 valence electrons. The minimum Gasteiger partial charge on any atom is -0.408 e. The first-order chi connectivity index (χ1) is 7.13. The van der Waals surface area contributed by atoms with Crippen LogP contribution in [0.2, 0.25) is 0 Å². The van der Waals surface area contributed by atoms with Crippen molar-refractivity contribution < 1.29 is 8.81 Å². The molecular formula is C9H4BrFN2O2. The van der Waals surface area contributed by atoms with Crippen LogP contribution >= 0.6 is 15.9 Å². The predicted molar refractivity (Wildman–Crippen MR) is 53.7 cm³/mol. The molecule has 0 radical (unpaired) electrons. The Morgan fingerprint density at radius 1 is 1.60 bits per heavy atom. The highest BCUT2D eigenvalue weighted by Gasteiger charge is 2.11. The van der Waals surface area contributed by atoms with Crippen molar-refractivity contribution >= 4 is 27.0 Å². The van der Waals surface area contributed by atoms with Gasteiger partial charge in [-0.25, -0.2) is 9.18 Å². The zero-order valence-electron chi connectivity index (χ0n) is 7.33. The predicted octanol–water partition coefficient (Wildman–Crippen LogP) is 2.02. The van der Waals surface area contributed by atoms with Gasteiger partial charge in [-0.3, -0.25) is 4.57 Å². The first-order valence-corrected chi connectivity index (χ1v) is 4.78. The Balaban J connectivity index is 2.83. The Morgan fingerprint density at radius 2 is 2.33 bits per heavy atom. The first-order valence-electron chi connectivity index (χ1n) is 3.99. The fourth-order valence-electron chi connectivity index (χ4n) is 1.28. The van der Waals surface area contributed by atoms with Crippen LogP contribution < -0.4 is 5.76 Å². The van der Waals surface area contributed by atoms with Crippen molar-refractivity contribution in [3.63, 3.8) is 0 Å². The van der Waals surface area contributed by atoms with Gasteiger partial charge in [0.1, 0.15) is 12.4 Å². The fraction of sp³-hybridized carbons (Fsp3) is 0.111. The number of benzene rings is 1. The SMILES string of the molecule is N#CCn1c(=O)oc2cc(Br)c(F)cc21. The van der Waals surface area contributed by atoms with E-state index in [4.69, 9.17) is 9.68 Å². The van der Waals surface area contributed by atoms with Crippen LogP contribution in [0.3, 0.4) is 0 Å². The Hall–Kier alpha value is -1.61. The van der Waals surface area contributed by atoms with Gasteiger partial charge in [-0.15, -0.1) is 0 Å². The van der Waals surface area contributed by atoms with Gasteiger partial charge in [0.15, 0.2) is 5.58 Å². The molecule has 15 heavy (non-hydrogen) atoms. The van der Waals surface area contributed by atoms with Gasteiger partial charge in [0.05, 0.1) is 16.1 Å². The van der Waals surface area contributed by atoms with Gasteiger partial charge in [0.25, 0.3) is 0 Å². The normalized spacial score (nSPS) is 10.5. The Kier molecular flexibility index (Phi) is 2.32. The largest absolute Gasteiger partial charge is 0.420 e. The summed E-state index contributed by atoms with van der Waals surface area (Å²) in [7, 11) is 0. The smallest absolute Gasteiger partial charge is 0.408 e. The average Bonchev–Trinajstić information content (AvgIpc) is 2.46. The van der Waals surface area contributed by atoms with Gasteiger partial charge in [-0.2, -0.15) is 5.26 Å². The van der Waals surface area contributed by atoms with Crippen LogP contribution in [0.5, 0.6) is 0 Å². The molecule has 4 nitrogen and oxygen atoms in total. The van der Waals surface area contributed by atoms with Crippen LogP contribution in [0.4, 0.5) is 4.39 Å². The quantitative estimate of drug-likeness (QED) is 0.797. The molecule has 0 aliphatic carbocycles. The molecule has 0 aliphatic heterocycles. The van der Waals surface area contributed by atoms with Gasteiger partial charge >= 0.3 is 5.76 Å². The number of halogens is 2. The summed E-state index contributed by atoms with van der Waals surface area (Å²) in [5, 5.41) is 8.49. The van der Waals surface area contributed by atoms with Crippen LogP contribution in [0.1, 0.15) is 0 Å². The van der Waals surface area contributed by atoms with Crippen molar-refractivity contribution in [2.24, 2.45) is 0 Å². The molecule has 6 heteroatoms. The van der Waals surface area contributed by atoms with Crippen molar-refractivity contribution in [3.8, 4) is 6.07 Å². The van der Waals surface area contributed by atoms with Crippen LogP contribution in [0.25, 0.3) is 11.1 Å². The van der Waals surface area contributed by atoms with Gasteiger partial charge < -0.3 is 4.42 Å². The summed E-state index contributed by atoms with van der Waals surface area (Å²) in [6.07, 6.45) is 0. The number of nitrogens with zero attached hydrogens (tertiary/aromatic N) is 2. The minimum absolute atomic E-state index is 0.160. The summed E-state index contributed by atoms with van der Waals surface area (Å²) >= 11 is 2.98. The standard InChI is InChI=1S/C9H4BrFN2O2/c10-5-3-8-7(4-6(5)11)13(2-1-12)9(14)15-8/h3-4H,2H2.